The van der Waals surface area contributed by atoms with Gasteiger partial charge in [0.15, 0.2) is 0 Å². The van der Waals surface area contributed by atoms with E-state index < -0.39 is 5.69 Å². The SMILES string of the molecule is COc1ccc([C@@H]2CN(C(=O)Cn3cccnc3=O)CCN2C)cc1. The van der Waals surface area contributed by atoms with E-state index in [0.717, 1.165) is 17.9 Å². The summed E-state index contributed by atoms with van der Waals surface area (Å²) in [5.41, 5.74) is 0.732. The first-order valence-electron chi connectivity index (χ1n) is 8.22. The van der Waals surface area contributed by atoms with E-state index in [4.69, 9.17) is 4.74 Å². The van der Waals surface area contributed by atoms with E-state index in [2.05, 4.69) is 16.9 Å². The first-order valence-corrected chi connectivity index (χ1v) is 8.22. The van der Waals surface area contributed by atoms with Gasteiger partial charge in [-0.1, -0.05) is 12.1 Å². The number of nitrogens with zero attached hydrogens (tertiary/aromatic N) is 4. The molecule has 0 N–H and O–H groups in total. The molecule has 2 heterocycles. The number of rotatable bonds is 4. The predicted molar refractivity (Wildman–Crippen MR) is 93.4 cm³/mol. The molecule has 7 heteroatoms. The molecule has 25 heavy (non-hydrogen) atoms. The maximum absolute atomic E-state index is 12.6. The molecule has 0 radical (unpaired) electrons. The van der Waals surface area contributed by atoms with Gasteiger partial charge in [-0.25, -0.2) is 9.78 Å². The Kier molecular flexibility index (Phi) is 5.14. The quantitative estimate of drug-likeness (QED) is 0.821. The van der Waals surface area contributed by atoms with E-state index in [1.807, 2.05) is 29.2 Å². The first kappa shape index (κ1) is 17.2. The molecule has 1 aliphatic rings. The van der Waals surface area contributed by atoms with Crippen LogP contribution in [0.5, 0.6) is 5.75 Å². The number of amides is 1. The molecule has 0 bridgehead atoms. The minimum Gasteiger partial charge on any atom is -0.497 e. The third-order valence-corrected chi connectivity index (χ3v) is 4.59. The van der Waals surface area contributed by atoms with Crippen molar-refractivity contribution in [2.24, 2.45) is 0 Å². The summed E-state index contributed by atoms with van der Waals surface area (Å²) in [7, 11) is 3.70. The fourth-order valence-electron chi connectivity index (χ4n) is 3.04. The van der Waals surface area contributed by atoms with Crippen LogP contribution >= 0.6 is 0 Å². The van der Waals surface area contributed by atoms with E-state index in [1.165, 1.54) is 10.8 Å². The summed E-state index contributed by atoms with van der Waals surface area (Å²) in [6, 6.07) is 9.69. The zero-order valence-electron chi connectivity index (χ0n) is 14.5. The Hall–Kier alpha value is -2.67. The van der Waals surface area contributed by atoms with Gasteiger partial charge in [0, 0.05) is 32.0 Å². The highest BCUT2D eigenvalue weighted by Gasteiger charge is 2.28. The molecule has 0 aliphatic carbocycles. The van der Waals surface area contributed by atoms with E-state index >= 15 is 0 Å². The normalized spacial score (nSPS) is 18.2. The second kappa shape index (κ2) is 7.48. The molecule has 132 valence electrons. The lowest BCUT2D eigenvalue weighted by Gasteiger charge is -2.39. The smallest absolute Gasteiger partial charge is 0.347 e. The van der Waals surface area contributed by atoms with Gasteiger partial charge in [-0.3, -0.25) is 14.3 Å². The van der Waals surface area contributed by atoms with Crippen molar-refractivity contribution in [2.45, 2.75) is 12.6 Å². The largest absolute Gasteiger partial charge is 0.497 e. The van der Waals surface area contributed by atoms with Crippen LogP contribution < -0.4 is 10.4 Å². The molecule has 0 saturated carbocycles. The Balaban J connectivity index is 1.72. The molecule has 1 atom stereocenters. The van der Waals surface area contributed by atoms with Crippen molar-refractivity contribution in [3.05, 3.63) is 58.8 Å². The Bertz CT molecular complexity index is 787. The number of piperazine rings is 1. The van der Waals surface area contributed by atoms with Crippen LogP contribution in [0.25, 0.3) is 0 Å². The van der Waals surface area contributed by atoms with Crippen molar-refractivity contribution in [1.29, 1.82) is 0 Å². The predicted octanol–water partition coefficient (Wildman–Crippen LogP) is 0.767. The van der Waals surface area contributed by atoms with E-state index in [-0.39, 0.29) is 18.5 Å². The van der Waals surface area contributed by atoms with Gasteiger partial charge in [0.25, 0.3) is 0 Å². The highest BCUT2D eigenvalue weighted by molar-refractivity contribution is 5.76. The van der Waals surface area contributed by atoms with Gasteiger partial charge >= 0.3 is 5.69 Å². The van der Waals surface area contributed by atoms with E-state index in [0.29, 0.717) is 13.1 Å². The van der Waals surface area contributed by atoms with E-state index in [9.17, 15) is 9.59 Å². The number of hydrogen-bond donors (Lipinski definition) is 0. The fourth-order valence-corrected chi connectivity index (χ4v) is 3.04. The molecule has 0 spiro atoms. The molecule has 1 aromatic heterocycles. The molecule has 1 fully saturated rings. The van der Waals surface area contributed by atoms with Crippen LogP contribution in [0.15, 0.2) is 47.5 Å². The van der Waals surface area contributed by atoms with Gasteiger partial charge in [-0.05, 0) is 30.8 Å². The summed E-state index contributed by atoms with van der Waals surface area (Å²) in [5.74, 6) is 0.743. The van der Waals surface area contributed by atoms with Crippen LogP contribution in [0.4, 0.5) is 0 Å². The molecule has 2 aromatic rings. The van der Waals surface area contributed by atoms with Gasteiger partial charge in [0.05, 0.1) is 13.2 Å². The highest BCUT2D eigenvalue weighted by atomic mass is 16.5. The molecule has 7 nitrogen and oxygen atoms in total. The lowest BCUT2D eigenvalue weighted by atomic mass is 10.0. The number of carbonyl (C=O) groups is 1. The van der Waals surface area contributed by atoms with Crippen molar-refractivity contribution >= 4 is 5.91 Å². The Morgan fingerprint density at radius 2 is 2.04 bits per heavy atom. The number of ether oxygens (including phenoxy) is 1. The average molecular weight is 342 g/mol. The number of likely N-dealkylation sites (N-methyl/N-ethyl adjacent to an activating group) is 1. The molecule has 1 saturated heterocycles. The number of hydrogen-bond acceptors (Lipinski definition) is 5. The summed E-state index contributed by atoms with van der Waals surface area (Å²) in [4.78, 5) is 32.0. The maximum Gasteiger partial charge on any atom is 0.347 e. The van der Waals surface area contributed by atoms with Gasteiger partial charge in [-0.2, -0.15) is 0 Å². The number of methoxy groups -OCH3 is 1. The van der Waals surface area contributed by atoms with Gasteiger partial charge in [0.1, 0.15) is 12.3 Å². The lowest BCUT2D eigenvalue weighted by Crippen LogP contribution is -2.50. The molecule has 0 unspecified atom stereocenters. The third-order valence-electron chi connectivity index (χ3n) is 4.59. The van der Waals surface area contributed by atoms with Crippen LogP contribution in [0.2, 0.25) is 0 Å². The first-order chi connectivity index (χ1) is 12.1. The number of benzene rings is 1. The van der Waals surface area contributed by atoms with Crippen molar-refractivity contribution < 1.29 is 9.53 Å². The van der Waals surface area contributed by atoms with Gasteiger partial charge in [-0.15, -0.1) is 0 Å². The Morgan fingerprint density at radius 3 is 2.72 bits per heavy atom. The van der Waals surface area contributed by atoms with Crippen molar-refractivity contribution in [3.63, 3.8) is 0 Å². The molecular weight excluding hydrogens is 320 g/mol. The summed E-state index contributed by atoms with van der Waals surface area (Å²) < 4.78 is 6.54. The summed E-state index contributed by atoms with van der Waals surface area (Å²) in [5, 5.41) is 0. The number of carbonyl (C=O) groups excluding carboxylic acids is 1. The Labute approximate surface area is 146 Å². The topological polar surface area (TPSA) is 67.7 Å². The summed E-state index contributed by atoms with van der Waals surface area (Å²) in [6.07, 6.45) is 3.02. The molecule has 1 aliphatic heterocycles. The zero-order chi connectivity index (χ0) is 17.8. The van der Waals surface area contributed by atoms with Gasteiger partial charge < -0.3 is 9.64 Å². The second-order valence-electron chi connectivity index (χ2n) is 6.14. The molecule has 1 aromatic carbocycles. The highest BCUT2D eigenvalue weighted by Crippen LogP contribution is 2.25. The lowest BCUT2D eigenvalue weighted by molar-refractivity contribution is -0.134. The standard InChI is InChI=1S/C18H22N4O3/c1-20-10-11-21(17(23)13-22-9-3-8-19-18(22)24)12-16(20)14-4-6-15(25-2)7-5-14/h3-9,16H,10-13H2,1-2H3/t16-/m0/s1. The summed E-state index contributed by atoms with van der Waals surface area (Å²) >= 11 is 0. The maximum atomic E-state index is 12.6. The van der Waals surface area contributed by atoms with Crippen LogP contribution in [0.1, 0.15) is 11.6 Å². The summed E-state index contributed by atoms with van der Waals surface area (Å²) in [6.45, 7) is 2.05. The van der Waals surface area contributed by atoms with Crippen LogP contribution in [0, 0.1) is 0 Å². The van der Waals surface area contributed by atoms with Crippen LogP contribution in [-0.2, 0) is 11.3 Å². The Morgan fingerprint density at radius 1 is 1.28 bits per heavy atom. The molecule has 1 amide bonds. The van der Waals surface area contributed by atoms with Crippen LogP contribution in [-0.4, -0.2) is 59.0 Å². The fraction of sp³-hybridized carbons (Fsp3) is 0.389. The third kappa shape index (κ3) is 3.88. The monoisotopic (exact) mass is 342 g/mol. The second-order valence-corrected chi connectivity index (χ2v) is 6.14. The van der Waals surface area contributed by atoms with Gasteiger partial charge in [0.2, 0.25) is 5.91 Å². The van der Waals surface area contributed by atoms with Crippen molar-refractivity contribution in [3.8, 4) is 5.75 Å². The van der Waals surface area contributed by atoms with Crippen molar-refractivity contribution in [1.82, 2.24) is 19.4 Å². The zero-order valence-corrected chi connectivity index (χ0v) is 14.5. The minimum atomic E-state index is -0.406. The molecule has 3 rings (SSSR count). The number of aromatic nitrogens is 2. The van der Waals surface area contributed by atoms with E-state index in [1.54, 1.807) is 19.4 Å². The average Bonchev–Trinajstić information content (AvgIpc) is 2.64. The molecular formula is C18H22N4O3. The van der Waals surface area contributed by atoms with Crippen molar-refractivity contribution in [2.75, 3.05) is 33.8 Å². The minimum absolute atomic E-state index is 0.0196. The van der Waals surface area contributed by atoms with Crippen LogP contribution in [0.3, 0.4) is 0 Å².